The minimum Gasteiger partial charge on any atom is -0.306 e. The monoisotopic (exact) mass is 265 g/mol. The van der Waals surface area contributed by atoms with Crippen LogP contribution in [0.25, 0.3) is 22.6 Å². The molecule has 0 unspecified atom stereocenters. The molecule has 0 radical (unpaired) electrons. The zero-order chi connectivity index (χ0) is 13.9. The lowest BCUT2D eigenvalue weighted by Gasteiger charge is -2.00. The molecular weight excluding hydrogens is 250 g/mol. The number of imidazole rings is 1. The number of aromatic nitrogens is 3. The maximum atomic E-state index is 12.2. The van der Waals surface area contributed by atoms with Crippen LogP contribution in [0, 0.1) is 0 Å². The molecule has 0 spiro atoms. The third kappa shape index (κ3) is 2.05. The summed E-state index contributed by atoms with van der Waals surface area (Å²) >= 11 is 0. The summed E-state index contributed by atoms with van der Waals surface area (Å²) in [6.45, 7) is 1.99. The van der Waals surface area contributed by atoms with Gasteiger partial charge in [-0.05, 0) is 31.6 Å². The second kappa shape index (κ2) is 5.17. The summed E-state index contributed by atoms with van der Waals surface area (Å²) in [6, 6.07) is 7.68. The van der Waals surface area contributed by atoms with Gasteiger partial charge in [-0.15, -0.1) is 0 Å². The molecular formula is C16H15N3O. The largest absolute Gasteiger partial charge is 0.332 e. The molecule has 0 saturated carbocycles. The molecule has 3 aromatic rings. The molecule has 0 fully saturated rings. The lowest BCUT2D eigenvalue weighted by molar-refractivity contribution is 1.02. The molecule has 0 aliphatic rings. The van der Waals surface area contributed by atoms with E-state index in [1.54, 1.807) is 10.6 Å². The van der Waals surface area contributed by atoms with Crippen molar-refractivity contribution >= 4 is 22.6 Å². The number of nitrogens with one attached hydrogen (secondary N) is 1. The zero-order valence-corrected chi connectivity index (χ0v) is 11.2. The number of para-hydroxylation sites is 1. The lowest BCUT2D eigenvalue weighted by atomic mass is 10.2. The molecule has 0 bridgehead atoms. The fourth-order valence-corrected chi connectivity index (χ4v) is 2.25. The topological polar surface area (TPSA) is 50.2 Å². The highest BCUT2D eigenvalue weighted by Gasteiger charge is 2.08. The molecule has 0 atom stereocenters. The first kappa shape index (κ1) is 12.4. The van der Waals surface area contributed by atoms with Crippen LogP contribution in [0.1, 0.15) is 19.0 Å². The van der Waals surface area contributed by atoms with E-state index in [4.69, 9.17) is 0 Å². The van der Waals surface area contributed by atoms with Crippen LogP contribution in [-0.2, 0) is 0 Å². The Morgan fingerprint density at radius 3 is 3.00 bits per heavy atom. The Labute approximate surface area is 116 Å². The number of H-pyrrole nitrogens is 1. The van der Waals surface area contributed by atoms with E-state index in [9.17, 15) is 4.79 Å². The van der Waals surface area contributed by atoms with Gasteiger partial charge in [0.2, 0.25) is 0 Å². The van der Waals surface area contributed by atoms with Crippen LogP contribution in [0.2, 0.25) is 0 Å². The predicted molar refractivity (Wildman–Crippen MR) is 81.8 cm³/mol. The predicted octanol–water partition coefficient (Wildman–Crippen LogP) is 3.16. The minimum absolute atomic E-state index is 0.165. The molecule has 2 aromatic heterocycles. The fourth-order valence-electron chi connectivity index (χ4n) is 2.25. The van der Waals surface area contributed by atoms with Gasteiger partial charge in [0.15, 0.2) is 5.65 Å². The van der Waals surface area contributed by atoms with Crippen LogP contribution in [-0.4, -0.2) is 14.4 Å². The van der Waals surface area contributed by atoms with Gasteiger partial charge in [0.05, 0.1) is 17.4 Å². The summed E-state index contributed by atoms with van der Waals surface area (Å²) in [6.07, 6.45) is 10.6. The Bertz CT molecular complexity index is 868. The van der Waals surface area contributed by atoms with Gasteiger partial charge in [0.25, 0.3) is 0 Å². The van der Waals surface area contributed by atoms with Crippen LogP contribution in [0.4, 0.5) is 0 Å². The number of aromatic amines is 1. The molecule has 0 aliphatic carbocycles. The third-order valence-corrected chi connectivity index (χ3v) is 3.20. The van der Waals surface area contributed by atoms with Gasteiger partial charge in [0, 0.05) is 5.39 Å². The van der Waals surface area contributed by atoms with Crippen LogP contribution in [0.3, 0.4) is 0 Å². The van der Waals surface area contributed by atoms with E-state index >= 15 is 0 Å². The Kier molecular flexibility index (Phi) is 3.21. The highest BCUT2D eigenvalue weighted by Crippen LogP contribution is 2.16. The average molecular weight is 265 g/mol. The fraction of sp³-hybridized carbons (Fsp3) is 0.125. The van der Waals surface area contributed by atoms with Crippen molar-refractivity contribution in [2.45, 2.75) is 13.3 Å². The molecule has 0 saturated heterocycles. The third-order valence-electron chi connectivity index (χ3n) is 3.20. The molecule has 2 heterocycles. The van der Waals surface area contributed by atoms with Crippen molar-refractivity contribution in [2.75, 3.05) is 0 Å². The normalized spacial score (nSPS) is 12.2. The quantitative estimate of drug-likeness (QED) is 0.739. The Morgan fingerprint density at radius 1 is 1.30 bits per heavy atom. The molecule has 4 nitrogen and oxygen atoms in total. The smallest absolute Gasteiger partial charge is 0.306 e. The molecule has 4 heteroatoms. The van der Waals surface area contributed by atoms with Gasteiger partial charge < -0.3 is 4.98 Å². The van der Waals surface area contributed by atoms with E-state index in [0.717, 1.165) is 23.0 Å². The molecule has 0 amide bonds. The summed E-state index contributed by atoms with van der Waals surface area (Å²) in [5.74, 6) is 0. The number of nitrogens with zero attached hydrogens (tertiary/aromatic N) is 2. The van der Waals surface area contributed by atoms with E-state index in [-0.39, 0.29) is 5.69 Å². The summed E-state index contributed by atoms with van der Waals surface area (Å²) in [5.41, 5.74) is 2.12. The average Bonchev–Trinajstić information content (AvgIpc) is 2.89. The summed E-state index contributed by atoms with van der Waals surface area (Å²) in [4.78, 5) is 19.4. The van der Waals surface area contributed by atoms with Crippen LogP contribution in [0.15, 0.2) is 53.5 Å². The van der Waals surface area contributed by atoms with Crippen LogP contribution >= 0.6 is 0 Å². The van der Waals surface area contributed by atoms with E-state index in [1.807, 2.05) is 49.4 Å². The van der Waals surface area contributed by atoms with Gasteiger partial charge in [-0.3, -0.25) is 0 Å². The van der Waals surface area contributed by atoms with Crippen molar-refractivity contribution in [1.29, 1.82) is 0 Å². The number of hydrogen-bond donors (Lipinski definition) is 1. The number of benzene rings is 1. The van der Waals surface area contributed by atoms with Crippen LogP contribution < -0.4 is 5.69 Å². The van der Waals surface area contributed by atoms with Crippen molar-refractivity contribution in [3.63, 3.8) is 0 Å². The zero-order valence-electron chi connectivity index (χ0n) is 11.2. The number of rotatable bonds is 3. The standard InChI is InChI=1S/C16H15N3O/c1-2-3-4-5-8-12-11-17-15-13-9-6-7-10-14(13)18-16(20)19(12)15/h2-3,5-11H,4H2,1H3,(H,18,20)/b3-2-,8-5?. The van der Waals surface area contributed by atoms with Crippen molar-refractivity contribution in [1.82, 2.24) is 14.4 Å². The molecule has 100 valence electrons. The Morgan fingerprint density at radius 2 is 2.15 bits per heavy atom. The lowest BCUT2D eigenvalue weighted by Crippen LogP contribution is -2.17. The summed E-state index contributed by atoms with van der Waals surface area (Å²) in [5, 5.41) is 0.945. The van der Waals surface area contributed by atoms with Gasteiger partial charge in [-0.1, -0.05) is 30.4 Å². The maximum Gasteiger partial charge on any atom is 0.332 e. The molecule has 20 heavy (non-hydrogen) atoms. The molecule has 0 aliphatic heterocycles. The second-order valence-electron chi connectivity index (χ2n) is 4.52. The maximum absolute atomic E-state index is 12.2. The first-order chi connectivity index (χ1) is 9.81. The molecule has 3 rings (SSSR count). The van der Waals surface area contributed by atoms with Gasteiger partial charge in [-0.2, -0.15) is 0 Å². The van der Waals surface area contributed by atoms with E-state index < -0.39 is 0 Å². The van der Waals surface area contributed by atoms with Crippen LogP contribution in [0.5, 0.6) is 0 Å². The minimum atomic E-state index is -0.165. The SMILES string of the molecule is C/C=C\CC=Cc1cnc2c3ccccc3[nH]c(=O)n12. The molecule has 1 aromatic carbocycles. The second-order valence-corrected chi connectivity index (χ2v) is 4.52. The number of allylic oxidation sites excluding steroid dienone is 3. The first-order valence-electron chi connectivity index (χ1n) is 6.57. The molecule has 1 N–H and O–H groups in total. The van der Waals surface area contributed by atoms with Gasteiger partial charge >= 0.3 is 5.69 Å². The van der Waals surface area contributed by atoms with E-state index in [0.29, 0.717) is 5.65 Å². The van der Waals surface area contributed by atoms with Crippen molar-refractivity contribution < 1.29 is 0 Å². The highest BCUT2D eigenvalue weighted by molar-refractivity contribution is 5.91. The van der Waals surface area contributed by atoms with E-state index in [1.165, 1.54) is 0 Å². The van der Waals surface area contributed by atoms with E-state index in [2.05, 4.69) is 16.0 Å². The van der Waals surface area contributed by atoms with Crippen molar-refractivity contribution in [3.05, 3.63) is 64.9 Å². The Hall–Kier alpha value is -2.62. The van der Waals surface area contributed by atoms with Gasteiger partial charge in [-0.25, -0.2) is 14.2 Å². The van der Waals surface area contributed by atoms with Crippen molar-refractivity contribution in [3.8, 4) is 0 Å². The first-order valence-corrected chi connectivity index (χ1v) is 6.57. The number of hydrogen-bond acceptors (Lipinski definition) is 2. The Balaban J connectivity index is 2.19. The van der Waals surface area contributed by atoms with Gasteiger partial charge in [0.1, 0.15) is 0 Å². The summed E-state index contributed by atoms with van der Waals surface area (Å²) < 4.78 is 1.61. The number of fused-ring (bicyclic) bond motifs is 3. The summed E-state index contributed by atoms with van der Waals surface area (Å²) in [7, 11) is 0. The van der Waals surface area contributed by atoms with Crippen molar-refractivity contribution in [2.24, 2.45) is 0 Å². The highest BCUT2D eigenvalue weighted by atomic mass is 16.1.